The van der Waals surface area contributed by atoms with E-state index in [1.807, 2.05) is 12.1 Å². The van der Waals surface area contributed by atoms with Crippen LogP contribution in [-0.2, 0) is 0 Å². The maximum atomic E-state index is 5.95. The van der Waals surface area contributed by atoms with E-state index < -0.39 is 0 Å². The third-order valence-corrected chi connectivity index (χ3v) is 2.74. The lowest BCUT2D eigenvalue weighted by Gasteiger charge is -2.12. The predicted octanol–water partition coefficient (Wildman–Crippen LogP) is 3.33. The zero-order valence-electron chi connectivity index (χ0n) is 8.79. The first-order chi connectivity index (χ1) is 7.09. The van der Waals surface area contributed by atoms with E-state index in [9.17, 15) is 0 Å². The number of aromatic nitrogens is 1. The largest absolute Gasteiger partial charge is 0.397 e. The Bertz CT molecular complexity index is 481. The summed E-state index contributed by atoms with van der Waals surface area (Å²) in [5.41, 5.74) is 9.97. The highest BCUT2D eigenvalue weighted by molar-refractivity contribution is 6.30. The van der Waals surface area contributed by atoms with Crippen LogP contribution in [0.1, 0.15) is 11.4 Å². The van der Waals surface area contributed by atoms with E-state index in [1.165, 1.54) is 11.4 Å². The molecule has 78 valence electrons. The Kier molecular flexibility index (Phi) is 2.45. The van der Waals surface area contributed by atoms with Crippen molar-refractivity contribution in [2.45, 2.75) is 13.8 Å². The van der Waals surface area contributed by atoms with E-state index in [0.29, 0.717) is 10.7 Å². The third-order valence-electron chi connectivity index (χ3n) is 2.50. The Morgan fingerprint density at radius 1 is 1.07 bits per heavy atom. The van der Waals surface area contributed by atoms with Crippen LogP contribution >= 0.6 is 11.6 Å². The molecule has 0 bridgehead atoms. The molecule has 0 aliphatic carbocycles. The van der Waals surface area contributed by atoms with Crippen molar-refractivity contribution in [2.75, 3.05) is 5.73 Å². The van der Waals surface area contributed by atoms with Crippen LogP contribution in [0.4, 0.5) is 5.69 Å². The molecule has 0 unspecified atom stereocenters. The van der Waals surface area contributed by atoms with E-state index in [-0.39, 0.29) is 0 Å². The molecule has 1 aromatic heterocycles. The van der Waals surface area contributed by atoms with Crippen molar-refractivity contribution >= 4 is 17.3 Å². The lowest BCUT2D eigenvalue weighted by molar-refractivity contribution is 0.968. The smallest absolute Gasteiger partial charge is 0.0686 e. The quantitative estimate of drug-likeness (QED) is 0.735. The molecule has 0 amide bonds. The molecule has 2 N–H and O–H groups in total. The van der Waals surface area contributed by atoms with Crippen LogP contribution in [-0.4, -0.2) is 4.57 Å². The zero-order chi connectivity index (χ0) is 11.0. The third kappa shape index (κ3) is 1.73. The summed E-state index contributed by atoms with van der Waals surface area (Å²) < 4.78 is 2.12. The van der Waals surface area contributed by atoms with Crippen LogP contribution in [0.25, 0.3) is 5.69 Å². The molecular weight excluding hydrogens is 208 g/mol. The summed E-state index contributed by atoms with van der Waals surface area (Å²) in [7, 11) is 0. The molecule has 0 saturated heterocycles. The number of hydrogen-bond donors (Lipinski definition) is 1. The van der Waals surface area contributed by atoms with Crippen molar-refractivity contribution in [2.24, 2.45) is 0 Å². The molecular formula is C12H13ClN2. The highest BCUT2D eigenvalue weighted by Crippen LogP contribution is 2.24. The predicted molar refractivity (Wildman–Crippen MR) is 64.7 cm³/mol. The fraction of sp³-hybridized carbons (Fsp3) is 0.167. The first kappa shape index (κ1) is 10.1. The monoisotopic (exact) mass is 220 g/mol. The van der Waals surface area contributed by atoms with Gasteiger partial charge in [-0.25, -0.2) is 0 Å². The average Bonchev–Trinajstić information content (AvgIpc) is 2.48. The molecule has 1 aromatic carbocycles. The Morgan fingerprint density at radius 3 is 2.20 bits per heavy atom. The molecule has 0 aliphatic rings. The van der Waals surface area contributed by atoms with Crippen LogP contribution < -0.4 is 5.73 Å². The van der Waals surface area contributed by atoms with Gasteiger partial charge in [0.1, 0.15) is 0 Å². The zero-order valence-corrected chi connectivity index (χ0v) is 9.55. The number of nitrogens with two attached hydrogens (primary N) is 1. The minimum atomic E-state index is 0.665. The second kappa shape index (κ2) is 3.63. The first-order valence-corrected chi connectivity index (χ1v) is 5.18. The lowest BCUT2D eigenvalue weighted by Crippen LogP contribution is -2.02. The summed E-state index contributed by atoms with van der Waals surface area (Å²) in [6, 6.07) is 9.71. The number of anilines is 1. The molecule has 3 heteroatoms. The fourth-order valence-electron chi connectivity index (χ4n) is 1.78. The SMILES string of the molecule is Cc1ccc(C)n1-c1ccc(Cl)cc1N. The topological polar surface area (TPSA) is 30.9 Å². The van der Waals surface area contributed by atoms with E-state index in [0.717, 1.165) is 5.69 Å². The molecule has 0 radical (unpaired) electrons. The van der Waals surface area contributed by atoms with Crippen molar-refractivity contribution in [3.8, 4) is 5.69 Å². The Labute approximate surface area is 94.3 Å². The second-order valence-electron chi connectivity index (χ2n) is 3.65. The van der Waals surface area contributed by atoms with Gasteiger partial charge in [0.05, 0.1) is 11.4 Å². The summed E-state index contributed by atoms with van der Waals surface area (Å²) in [5.74, 6) is 0. The number of nitrogen functional groups attached to an aromatic ring is 1. The maximum absolute atomic E-state index is 5.95. The summed E-state index contributed by atoms with van der Waals surface area (Å²) in [6.45, 7) is 4.11. The molecule has 0 aliphatic heterocycles. The number of rotatable bonds is 1. The highest BCUT2D eigenvalue weighted by Gasteiger charge is 2.07. The molecule has 15 heavy (non-hydrogen) atoms. The van der Waals surface area contributed by atoms with E-state index in [2.05, 4.69) is 30.5 Å². The van der Waals surface area contributed by atoms with Crippen molar-refractivity contribution in [1.29, 1.82) is 0 Å². The molecule has 0 atom stereocenters. The van der Waals surface area contributed by atoms with E-state index in [1.54, 1.807) is 6.07 Å². The Balaban J connectivity index is 2.64. The molecule has 0 fully saturated rings. The van der Waals surface area contributed by atoms with Gasteiger partial charge >= 0.3 is 0 Å². The highest BCUT2D eigenvalue weighted by atomic mass is 35.5. The number of hydrogen-bond acceptors (Lipinski definition) is 1. The van der Waals surface area contributed by atoms with Gasteiger partial charge in [-0.3, -0.25) is 0 Å². The Hall–Kier alpha value is -1.41. The van der Waals surface area contributed by atoms with Crippen molar-refractivity contribution in [1.82, 2.24) is 4.57 Å². The Morgan fingerprint density at radius 2 is 1.67 bits per heavy atom. The minimum absolute atomic E-state index is 0.665. The van der Waals surface area contributed by atoms with Crippen LogP contribution in [0.5, 0.6) is 0 Å². The lowest BCUT2D eigenvalue weighted by atomic mass is 10.2. The van der Waals surface area contributed by atoms with Crippen LogP contribution in [0.2, 0.25) is 5.02 Å². The van der Waals surface area contributed by atoms with Gasteiger partial charge in [0, 0.05) is 16.4 Å². The molecule has 0 saturated carbocycles. The van der Waals surface area contributed by atoms with Gasteiger partial charge in [-0.1, -0.05) is 11.6 Å². The summed E-state index contributed by atoms with van der Waals surface area (Å²) in [4.78, 5) is 0. The van der Waals surface area contributed by atoms with Gasteiger partial charge in [-0.2, -0.15) is 0 Å². The summed E-state index contributed by atoms with van der Waals surface area (Å²) >= 11 is 5.87. The fourth-order valence-corrected chi connectivity index (χ4v) is 1.96. The molecule has 0 spiro atoms. The van der Waals surface area contributed by atoms with Crippen LogP contribution in [0, 0.1) is 13.8 Å². The molecule has 2 rings (SSSR count). The molecule has 1 heterocycles. The van der Waals surface area contributed by atoms with Crippen molar-refractivity contribution in [3.63, 3.8) is 0 Å². The van der Waals surface area contributed by atoms with Gasteiger partial charge in [0.15, 0.2) is 0 Å². The van der Waals surface area contributed by atoms with E-state index >= 15 is 0 Å². The summed E-state index contributed by atoms with van der Waals surface area (Å²) in [5, 5.41) is 0.665. The standard InChI is InChI=1S/C12H13ClN2/c1-8-3-4-9(2)15(8)12-6-5-10(13)7-11(12)14/h3-7H,14H2,1-2H3. The first-order valence-electron chi connectivity index (χ1n) is 4.80. The summed E-state index contributed by atoms with van der Waals surface area (Å²) in [6.07, 6.45) is 0. The van der Waals surface area contributed by atoms with Gasteiger partial charge in [0.2, 0.25) is 0 Å². The maximum Gasteiger partial charge on any atom is 0.0686 e. The average molecular weight is 221 g/mol. The van der Waals surface area contributed by atoms with Crippen LogP contribution in [0.15, 0.2) is 30.3 Å². The number of benzene rings is 1. The van der Waals surface area contributed by atoms with Crippen molar-refractivity contribution in [3.05, 3.63) is 46.7 Å². The molecule has 2 aromatic rings. The van der Waals surface area contributed by atoms with Gasteiger partial charge < -0.3 is 10.3 Å². The molecule has 2 nitrogen and oxygen atoms in total. The van der Waals surface area contributed by atoms with Crippen molar-refractivity contribution < 1.29 is 0 Å². The van der Waals surface area contributed by atoms with Crippen LogP contribution in [0.3, 0.4) is 0 Å². The van der Waals surface area contributed by atoms with E-state index in [4.69, 9.17) is 17.3 Å². The normalized spacial score (nSPS) is 10.6. The van der Waals surface area contributed by atoms with Gasteiger partial charge in [-0.15, -0.1) is 0 Å². The number of aryl methyl sites for hydroxylation is 2. The van der Waals surface area contributed by atoms with Gasteiger partial charge in [-0.05, 0) is 44.2 Å². The minimum Gasteiger partial charge on any atom is -0.397 e. The van der Waals surface area contributed by atoms with Gasteiger partial charge in [0.25, 0.3) is 0 Å². The number of nitrogens with zero attached hydrogens (tertiary/aromatic N) is 1. The number of halogens is 1. The second-order valence-corrected chi connectivity index (χ2v) is 4.09.